The molecule has 0 radical (unpaired) electrons. The van der Waals surface area contributed by atoms with Crippen LogP contribution in [0.5, 0.6) is 0 Å². The van der Waals surface area contributed by atoms with Gasteiger partial charge in [-0.15, -0.1) is 0 Å². The van der Waals surface area contributed by atoms with E-state index in [-0.39, 0.29) is 31.2 Å². The first-order chi connectivity index (χ1) is 10.9. The van der Waals surface area contributed by atoms with E-state index in [1.54, 1.807) is 24.3 Å². The third-order valence-electron chi connectivity index (χ3n) is 3.29. The zero-order valence-electron chi connectivity index (χ0n) is 13.0. The highest BCUT2D eigenvalue weighted by Crippen LogP contribution is 2.09. The Morgan fingerprint density at radius 2 is 1.83 bits per heavy atom. The topological polar surface area (TPSA) is 86.7 Å². The molecule has 1 aromatic rings. The van der Waals surface area contributed by atoms with Crippen molar-refractivity contribution in [2.24, 2.45) is 0 Å². The average Bonchev–Trinajstić information content (AvgIpc) is 2.52. The number of carbonyl (C=O) groups excluding carboxylic acids is 2. The van der Waals surface area contributed by atoms with E-state index in [0.717, 1.165) is 0 Å². The lowest BCUT2D eigenvalue weighted by atomic mass is 10.2. The summed E-state index contributed by atoms with van der Waals surface area (Å²) in [6.07, 6.45) is 0.711. The van der Waals surface area contributed by atoms with Crippen LogP contribution in [-0.2, 0) is 9.59 Å². The fraction of sp³-hybridized carbons (Fsp3) is 0.438. The van der Waals surface area contributed by atoms with E-state index in [9.17, 15) is 14.4 Å². The molecule has 0 aliphatic heterocycles. The minimum Gasteiger partial charge on any atom is -0.481 e. The fourth-order valence-corrected chi connectivity index (χ4v) is 2.12. The third kappa shape index (κ3) is 7.15. The first kappa shape index (κ1) is 19.0. The van der Waals surface area contributed by atoms with Crippen LogP contribution < -0.4 is 5.32 Å². The summed E-state index contributed by atoms with van der Waals surface area (Å²) in [6, 6.07) is 6.55. The van der Waals surface area contributed by atoms with Crippen molar-refractivity contribution in [3.8, 4) is 0 Å². The summed E-state index contributed by atoms with van der Waals surface area (Å²) in [5, 5.41) is 11.9. The minimum absolute atomic E-state index is 0.0626. The van der Waals surface area contributed by atoms with Crippen molar-refractivity contribution >= 4 is 29.4 Å². The summed E-state index contributed by atoms with van der Waals surface area (Å²) in [5.74, 6) is -1.24. The molecule has 0 aliphatic carbocycles. The second-order valence-electron chi connectivity index (χ2n) is 4.98. The molecule has 0 saturated carbocycles. The van der Waals surface area contributed by atoms with Crippen LogP contribution in [0.2, 0.25) is 5.02 Å². The third-order valence-corrected chi connectivity index (χ3v) is 3.54. The van der Waals surface area contributed by atoms with Gasteiger partial charge in [0.1, 0.15) is 0 Å². The quantitative estimate of drug-likeness (QED) is 0.674. The summed E-state index contributed by atoms with van der Waals surface area (Å²) in [6.45, 7) is 2.87. The Morgan fingerprint density at radius 1 is 1.17 bits per heavy atom. The van der Waals surface area contributed by atoms with Crippen LogP contribution in [0.25, 0.3) is 0 Å². The van der Waals surface area contributed by atoms with Gasteiger partial charge in [-0.25, -0.2) is 0 Å². The number of hydrogen-bond acceptors (Lipinski definition) is 3. The fourth-order valence-electron chi connectivity index (χ4n) is 1.99. The van der Waals surface area contributed by atoms with Gasteiger partial charge in [-0.2, -0.15) is 0 Å². The molecule has 0 atom stereocenters. The molecule has 7 heteroatoms. The molecule has 2 amide bonds. The number of nitrogens with zero attached hydrogens (tertiary/aromatic N) is 1. The van der Waals surface area contributed by atoms with Gasteiger partial charge in [0, 0.05) is 36.6 Å². The van der Waals surface area contributed by atoms with Crippen LogP contribution in [0.4, 0.5) is 0 Å². The monoisotopic (exact) mass is 340 g/mol. The summed E-state index contributed by atoms with van der Waals surface area (Å²) in [4.78, 5) is 35.8. The van der Waals surface area contributed by atoms with E-state index >= 15 is 0 Å². The lowest BCUT2D eigenvalue weighted by Crippen LogP contribution is -2.33. The van der Waals surface area contributed by atoms with Crippen molar-refractivity contribution in [2.45, 2.75) is 26.2 Å². The number of carboxylic acid groups (broad SMARTS) is 1. The van der Waals surface area contributed by atoms with E-state index in [2.05, 4.69) is 5.32 Å². The maximum Gasteiger partial charge on any atom is 0.305 e. The van der Waals surface area contributed by atoms with Gasteiger partial charge in [0.25, 0.3) is 5.91 Å². The molecule has 0 unspecified atom stereocenters. The summed E-state index contributed by atoms with van der Waals surface area (Å²) in [7, 11) is 0. The number of nitrogens with one attached hydrogen (secondary N) is 1. The van der Waals surface area contributed by atoms with Gasteiger partial charge in [0.15, 0.2) is 0 Å². The Kier molecular flexibility index (Phi) is 8.11. The highest BCUT2D eigenvalue weighted by Gasteiger charge is 2.13. The van der Waals surface area contributed by atoms with E-state index in [4.69, 9.17) is 16.7 Å². The molecule has 0 aliphatic rings. The van der Waals surface area contributed by atoms with Crippen molar-refractivity contribution in [3.63, 3.8) is 0 Å². The molecular weight excluding hydrogens is 320 g/mol. The average molecular weight is 341 g/mol. The molecule has 23 heavy (non-hydrogen) atoms. The molecule has 0 heterocycles. The van der Waals surface area contributed by atoms with Gasteiger partial charge in [-0.3, -0.25) is 14.4 Å². The Morgan fingerprint density at radius 3 is 2.39 bits per heavy atom. The number of halogens is 1. The molecule has 0 fully saturated rings. The molecule has 1 aromatic carbocycles. The van der Waals surface area contributed by atoms with Gasteiger partial charge in [0.05, 0.1) is 6.42 Å². The van der Waals surface area contributed by atoms with Crippen LogP contribution in [0.15, 0.2) is 24.3 Å². The van der Waals surface area contributed by atoms with Gasteiger partial charge >= 0.3 is 5.97 Å². The van der Waals surface area contributed by atoms with Gasteiger partial charge in [0.2, 0.25) is 5.91 Å². The van der Waals surface area contributed by atoms with Crippen molar-refractivity contribution in [1.82, 2.24) is 10.2 Å². The predicted octanol–water partition coefficient (Wildman–Crippen LogP) is 2.17. The molecule has 0 spiro atoms. The molecular formula is C16H21ClN2O4. The van der Waals surface area contributed by atoms with Crippen molar-refractivity contribution in [1.29, 1.82) is 0 Å². The summed E-state index contributed by atoms with van der Waals surface area (Å²) in [5.41, 5.74) is 0.511. The Labute approximate surface area is 140 Å². The number of amides is 2. The summed E-state index contributed by atoms with van der Waals surface area (Å²) < 4.78 is 0. The van der Waals surface area contributed by atoms with E-state index < -0.39 is 5.97 Å². The van der Waals surface area contributed by atoms with E-state index in [1.165, 1.54) is 4.90 Å². The number of carboxylic acids is 1. The van der Waals surface area contributed by atoms with Crippen molar-refractivity contribution in [3.05, 3.63) is 34.9 Å². The van der Waals surface area contributed by atoms with Crippen molar-refractivity contribution in [2.75, 3.05) is 19.6 Å². The van der Waals surface area contributed by atoms with Crippen LogP contribution in [0.3, 0.4) is 0 Å². The highest BCUT2D eigenvalue weighted by molar-refractivity contribution is 6.30. The Balaban J connectivity index is 2.30. The second-order valence-corrected chi connectivity index (χ2v) is 5.42. The lowest BCUT2D eigenvalue weighted by molar-refractivity contribution is -0.138. The maximum absolute atomic E-state index is 11.9. The molecule has 2 N–H and O–H groups in total. The SMILES string of the molecule is CCN(CCC(=O)O)C(=O)CCCNC(=O)c1ccc(Cl)cc1. The number of aliphatic carboxylic acids is 1. The molecule has 0 aromatic heterocycles. The standard InChI is InChI=1S/C16H21ClN2O4/c1-2-19(11-9-15(21)22)14(20)4-3-10-18-16(23)12-5-7-13(17)8-6-12/h5-8H,2-4,9-11H2,1H3,(H,18,23)(H,21,22). The van der Waals surface area contributed by atoms with Crippen molar-refractivity contribution < 1.29 is 19.5 Å². The zero-order valence-corrected chi connectivity index (χ0v) is 13.8. The van der Waals surface area contributed by atoms with Gasteiger partial charge in [-0.05, 0) is 37.6 Å². The van der Waals surface area contributed by atoms with Crippen LogP contribution in [-0.4, -0.2) is 47.4 Å². The van der Waals surface area contributed by atoms with E-state index in [1.807, 2.05) is 6.92 Å². The smallest absolute Gasteiger partial charge is 0.305 e. The number of hydrogen-bond donors (Lipinski definition) is 2. The maximum atomic E-state index is 11.9. The molecule has 0 saturated heterocycles. The van der Waals surface area contributed by atoms with Gasteiger partial charge < -0.3 is 15.3 Å². The van der Waals surface area contributed by atoms with Crippen LogP contribution >= 0.6 is 11.6 Å². The first-order valence-corrected chi connectivity index (χ1v) is 7.85. The summed E-state index contributed by atoms with van der Waals surface area (Å²) >= 11 is 5.76. The van der Waals surface area contributed by atoms with Gasteiger partial charge in [-0.1, -0.05) is 11.6 Å². The second kappa shape index (κ2) is 9.84. The normalized spacial score (nSPS) is 10.2. The highest BCUT2D eigenvalue weighted by atomic mass is 35.5. The minimum atomic E-state index is -0.925. The van der Waals surface area contributed by atoms with Crippen LogP contribution in [0, 0.1) is 0 Å². The predicted molar refractivity (Wildman–Crippen MR) is 87.5 cm³/mol. The van der Waals surface area contributed by atoms with E-state index in [0.29, 0.717) is 30.1 Å². The number of rotatable bonds is 9. The molecule has 6 nitrogen and oxygen atoms in total. The molecule has 126 valence electrons. The number of carbonyl (C=O) groups is 3. The Hall–Kier alpha value is -2.08. The van der Waals surface area contributed by atoms with Crippen LogP contribution in [0.1, 0.15) is 36.5 Å². The largest absolute Gasteiger partial charge is 0.481 e. The zero-order chi connectivity index (χ0) is 17.2. The lowest BCUT2D eigenvalue weighted by Gasteiger charge is -2.19. The first-order valence-electron chi connectivity index (χ1n) is 7.47. The Bertz CT molecular complexity index is 546. The molecule has 0 bridgehead atoms. The molecule has 1 rings (SSSR count). The number of benzene rings is 1.